The molecule has 0 aromatic carbocycles. The van der Waals surface area contributed by atoms with Gasteiger partial charge < -0.3 is 5.32 Å². The van der Waals surface area contributed by atoms with Gasteiger partial charge in [-0.1, -0.05) is 6.07 Å². The van der Waals surface area contributed by atoms with Crippen LogP contribution in [0.25, 0.3) is 0 Å². The van der Waals surface area contributed by atoms with E-state index in [1.165, 1.54) is 6.07 Å². The summed E-state index contributed by atoms with van der Waals surface area (Å²) in [7, 11) is 1.58. The number of hydrogen-bond acceptors (Lipinski definition) is 5. The molecule has 1 amide bonds. The SMILES string of the molecule is Cc1cccc(C(=O)NCCc2ccc(S(=O)(=O)Cl)s2)n1. The molecule has 0 fully saturated rings. The van der Waals surface area contributed by atoms with Crippen molar-refractivity contribution in [3.05, 3.63) is 46.6 Å². The van der Waals surface area contributed by atoms with Crippen LogP contribution in [0.2, 0.25) is 0 Å². The van der Waals surface area contributed by atoms with E-state index in [1.54, 1.807) is 18.2 Å². The summed E-state index contributed by atoms with van der Waals surface area (Å²) in [4.78, 5) is 16.8. The van der Waals surface area contributed by atoms with Gasteiger partial charge in [0.05, 0.1) is 0 Å². The molecule has 0 aliphatic heterocycles. The fourth-order valence-corrected chi connectivity index (χ4v) is 3.81. The zero-order valence-corrected chi connectivity index (χ0v) is 13.6. The molecule has 2 aromatic rings. The fraction of sp³-hybridized carbons (Fsp3) is 0.231. The topological polar surface area (TPSA) is 76.1 Å². The van der Waals surface area contributed by atoms with Gasteiger partial charge in [0.15, 0.2) is 0 Å². The standard InChI is InChI=1S/C13H13ClN2O3S2/c1-9-3-2-4-11(16-9)13(17)15-8-7-10-5-6-12(20-10)21(14,18)19/h2-6H,7-8H2,1H3,(H,15,17). The van der Waals surface area contributed by atoms with Crippen LogP contribution in [0.3, 0.4) is 0 Å². The highest BCUT2D eigenvalue weighted by Crippen LogP contribution is 2.24. The van der Waals surface area contributed by atoms with Crippen LogP contribution in [0, 0.1) is 6.92 Å². The second-order valence-electron chi connectivity index (χ2n) is 4.33. The number of carbonyl (C=O) groups excluding carboxylic acids is 1. The van der Waals surface area contributed by atoms with E-state index in [2.05, 4.69) is 10.3 Å². The Balaban J connectivity index is 1.90. The number of amides is 1. The van der Waals surface area contributed by atoms with Crippen molar-refractivity contribution < 1.29 is 13.2 Å². The molecule has 0 atom stereocenters. The minimum atomic E-state index is -3.68. The maximum Gasteiger partial charge on any atom is 0.270 e. The third-order valence-corrected chi connectivity index (χ3v) is 5.89. The second-order valence-corrected chi connectivity index (χ2v) is 8.29. The molecule has 2 rings (SSSR count). The smallest absolute Gasteiger partial charge is 0.270 e. The number of halogens is 1. The van der Waals surface area contributed by atoms with Crippen molar-refractivity contribution in [2.75, 3.05) is 6.54 Å². The van der Waals surface area contributed by atoms with Crippen LogP contribution in [0.15, 0.2) is 34.5 Å². The van der Waals surface area contributed by atoms with Gasteiger partial charge in [0, 0.05) is 27.8 Å². The lowest BCUT2D eigenvalue weighted by atomic mass is 10.3. The molecule has 0 bridgehead atoms. The minimum Gasteiger partial charge on any atom is -0.350 e. The first-order chi connectivity index (χ1) is 9.86. The number of aryl methyl sites for hydroxylation is 1. The highest BCUT2D eigenvalue weighted by Gasteiger charge is 2.13. The van der Waals surface area contributed by atoms with Crippen molar-refractivity contribution in [2.24, 2.45) is 0 Å². The Morgan fingerprint density at radius 2 is 2.10 bits per heavy atom. The van der Waals surface area contributed by atoms with Crippen molar-refractivity contribution >= 4 is 37.0 Å². The van der Waals surface area contributed by atoms with Crippen LogP contribution < -0.4 is 5.32 Å². The summed E-state index contributed by atoms with van der Waals surface area (Å²) >= 11 is 1.10. The van der Waals surface area contributed by atoms with E-state index in [9.17, 15) is 13.2 Å². The number of nitrogens with one attached hydrogen (secondary N) is 1. The Kier molecular flexibility index (Phi) is 4.97. The average molecular weight is 345 g/mol. The van der Waals surface area contributed by atoms with E-state index in [1.807, 2.05) is 13.0 Å². The van der Waals surface area contributed by atoms with Crippen LogP contribution in [0.4, 0.5) is 0 Å². The van der Waals surface area contributed by atoms with Gasteiger partial charge in [-0.2, -0.15) is 0 Å². The summed E-state index contributed by atoms with van der Waals surface area (Å²) < 4.78 is 22.4. The number of rotatable bonds is 5. The first kappa shape index (κ1) is 15.9. The molecule has 112 valence electrons. The molecule has 5 nitrogen and oxygen atoms in total. The van der Waals surface area contributed by atoms with Crippen LogP contribution in [0.1, 0.15) is 21.1 Å². The molecule has 0 aliphatic rings. The van der Waals surface area contributed by atoms with Gasteiger partial charge >= 0.3 is 0 Å². The number of pyridine rings is 1. The molecular formula is C13H13ClN2O3S2. The average Bonchev–Trinajstić information content (AvgIpc) is 2.87. The van der Waals surface area contributed by atoms with Crippen molar-refractivity contribution in [3.8, 4) is 0 Å². The quantitative estimate of drug-likeness (QED) is 0.845. The first-order valence-corrected chi connectivity index (χ1v) is 9.24. The zero-order chi connectivity index (χ0) is 15.5. The monoisotopic (exact) mass is 344 g/mol. The van der Waals surface area contributed by atoms with Gasteiger partial charge in [0.25, 0.3) is 15.0 Å². The van der Waals surface area contributed by atoms with Crippen LogP contribution in [-0.2, 0) is 15.5 Å². The summed E-state index contributed by atoms with van der Waals surface area (Å²) in [6.45, 7) is 2.22. The van der Waals surface area contributed by atoms with Gasteiger partial charge in [-0.15, -0.1) is 11.3 Å². The third-order valence-electron chi connectivity index (χ3n) is 2.66. The highest BCUT2D eigenvalue weighted by molar-refractivity contribution is 8.15. The molecular weight excluding hydrogens is 332 g/mol. The summed E-state index contributed by atoms with van der Waals surface area (Å²) in [5.41, 5.74) is 1.14. The summed E-state index contributed by atoms with van der Waals surface area (Å²) in [5.74, 6) is -0.250. The Labute approximate surface area is 131 Å². The van der Waals surface area contributed by atoms with Gasteiger partial charge in [-0.3, -0.25) is 4.79 Å². The van der Waals surface area contributed by atoms with Gasteiger partial charge in [0.1, 0.15) is 9.90 Å². The van der Waals surface area contributed by atoms with E-state index in [4.69, 9.17) is 10.7 Å². The van der Waals surface area contributed by atoms with E-state index in [0.29, 0.717) is 18.7 Å². The lowest BCUT2D eigenvalue weighted by molar-refractivity contribution is 0.0949. The van der Waals surface area contributed by atoms with Gasteiger partial charge in [-0.05, 0) is 37.6 Å². The molecule has 0 aliphatic carbocycles. The Morgan fingerprint density at radius 1 is 1.33 bits per heavy atom. The van der Waals surface area contributed by atoms with Crippen molar-refractivity contribution in [3.63, 3.8) is 0 Å². The first-order valence-electron chi connectivity index (χ1n) is 6.11. The molecule has 0 saturated carbocycles. The minimum absolute atomic E-state index is 0.117. The molecule has 0 radical (unpaired) electrons. The van der Waals surface area contributed by atoms with Crippen molar-refractivity contribution in [1.82, 2.24) is 10.3 Å². The Morgan fingerprint density at radius 3 is 2.71 bits per heavy atom. The van der Waals surface area contributed by atoms with E-state index < -0.39 is 9.05 Å². The maximum absolute atomic E-state index is 11.9. The summed E-state index contributed by atoms with van der Waals surface area (Å²) in [6.07, 6.45) is 0.536. The van der Waals surface area contributed by atoms with E-state index in [0.717, 1.165) is 21.9 Å². The number of aromatic nitrogens is 1. The van der Waals surface area contributed by atoms with Gasteiger partial charge in [0.2, 0.25) is 0 Å². The number of carbonyl (C=O) groups is 1. The molecule has 0 unspecified atom stereocenters. The molecule has 8 heteroatoms. The Bertz CT molecular complexity index is 756. The van der Waals surface area contributed by atoms with Crippen LogP contribution in [0.5, 0.6) is 0 Å². The molecule has 1 N–H and O–H groups in total. The fourth-order valence-electron chi connectivity index (χ4n) is 1.68. The second kappa shape index (κ2) is 6.55. The highest BCUT2D eigenvalue weighted by atomic mass is 35.7. The lowest BCUT2D eigenvalue weighted by Crippen LogP contribution is -2.26. The number of thiophene rings is 1. The number of hydrogen-bond donors (Lipinski definition) is 1. The van der Waals surface area contributed by atoms with Crippen molar-refractivity contribution in [2.45, 2.75) is 17.6 Å². The summed E-state index contributed by atoms with van der Waals surface area (Å²) in [6, 6.07) is 8.39. The largest absolute Gasteiger partial charge is 0.350 e. The molecule has 0 saturated heterocycles. The maximum atomic E-state index is 11.9. The Hall–Kier alpha value is -1.44. The molecule has 0 spiro atoms. The molecule has 2 heterocycles. The predicted molar refractivity (Wildman–Crippen MR) is 82.4 cm³/mol. The molecule has 21 heavy (non-hydrogen) atoms. The third kappa shape index (κ3) is 4.52. The lowest BCUT2D eigenvalue weighted by Gasteiger charge is -2.04. The van der Waals surface area contributed by atoms with Crippen LogP contribution in [-0.4, -0.2) is 25.9 Å². The molecule has 2 aromatic heterocycles. The van der Waals surface area contributed by atoms with E-state index >= 15 is 0 Å². The van der Waals surface area contributed by atoms with Crippen molar-refractivity contribution in [1.29, 1.82) is 0 Å². The van der Waals surface area contributed by atoms with Gasteiger partial charge in [-0.25, -0.2) is 13.4 Å². The predicted octanol–water partition coefficient (Wildman–Crippen LogP) is 2.35. The zero-order valence-electron chi connectivity index (χ0n) is 11.2. The van der Waals surface area contributed by atoms with Crippen LogP contribution >= 0.6 is 22.0 Å². The normalized spacial score (nSPS) is 11.3. The number of nitrogens with zero attached hydrogens (tertiary/aromatic N) is 1. The van der Waals surface area contributed by atoms with E-state index in [-0.39, 0.29) is 10.1 Å². The summed E-state index contributed by atoms with van der Waals surface area (Å²) in [5, 5.41) is 2.75.